The van der Waals surface area contributed by atoms with E-state index >= 15 is 0 Å². The summed E-state index contributed by atoms with van der Waals surface area (Å²) in [5.74, 6) is 1.46. The Morgan fingerprint density at radius 2 is 1.20 bits per heavy atom. The Kier molecular flexibility index (Phi) is 4.42. The number of fused-ring (bicyclic) bond motifs is 6. The molecule has 0 bridgehead atoms. The van der Waals surface area contributed by atoms with Crippen LogP contribution in [0.25, 0.3) is 83.6 Å². The van der Waals surface area contributed by atoms with Crippen LogP contribution >= 0.6 is 0 Å². The van der Waals surface area contributed by atoms with Gasteiger partial charge in [0, 0.05) is 32.7 Å². The Bertz CT molecular complexity index is 2710. The minimum absolute atomic E-state index is 0.129. The molecule has 5 nitrogen and oxygen atoms in total. The Hall–Kier alpha value is -6.07. The molecule has 44 heavy (non-hydrogen) atoms. The van der Waals surface area contributed by atoms with Crippen LogP contribution in [0.3, 0.4) is 0 Å². The van der Waals surface area contributed by atoms with Crippen LogP contribution in [-0.4, -0.2) is 19.5 Å². The molecule has 0 atom stereocenters. The van der Waals surface area contributed by atoms with E-state index in [4.69, 9.17) is 26.2 Å². The van der Waals surface area contributed by atoms with Gasteiger partial charge in [0.25, 0.3) is 0 Å². The SMILES string of the molecule is [2H]c1c([2H])c([2H])c(-c2cccc3oc4cc(-c5nc(-c6ccccc6)nc(-n6c7ccccc7c7ccccc76)n5)ccc4c23)c([2H])c1[2H]. The number of hydrogen-bond donors (Lipinski definition) is 0. The molecule has 3 heterocycles. The van der Waals surface area contributed by atoms with Crippen molar-refractivity contribution in [2.45, 2.75) is 0 Å². The molecule has 9 aromatic rings. The highest BCUT2D eigenvalue weighted by Gasteiger charge is 2.19. The zero-order valence-corrected chi connectivity index (χ0v) is 23.2. The van der Waals surface area contributed by atoms with Crippen LogP contribution in [0.1, 0.15) is 6.85 Å². The van der Waals surface area contributed by atoms with E-state index in [9.17, 15) is 0 Å². The first-order valence-electron chi connectivity index (χ1n) is 16.7. The van der Waals surface area contributed by atoms with Crippen LogP contribution in [0.4, 0.5) is 0 Å². The predicted molar refractivity (Wildman–Crippen MR) is 178 cm³/mol. The molecular formula is C39H24N4O. The van der Waals surface area contributed by atoms with Crippen molar-refractivity contribution in [1.29, 1.82) is 0 Å². The van der Waals surface area contributed by atoms with Gasteiger partial charge in [-0.1, -0.05) is 115 Å². The molecule has 206 valence electrons. The van der Waals surface area contributed by atoms with Gasteiger partial charge in [-0.25, -0.2) is 4.98 Å². The fourth-order valence-electron chi connectivity index (χ4n) is 6.01. The van der Waals surface area contributed by atoms with E-state index in [1.54, 1.807) is 12.1 Å². The third kappa shape index (κ3) is 3.83. The van der Waals surface area contributed by atoms with Crippen LogP contribution in [0.15, 0.2) is 150 Å². The van der Waals surface area contributed by atoms with Gasteiger partial charge < -0.3 is 4.42 Å². The lowest BCUT2D eigenvalue weighted by molar-refractivity contribution is 0.669. The van der Waals surface area contributed by atoms with E-state index < -0.39 is 6.04 Å². The summed E-state index contributed by atoms with van der Waals surface area (Å²) in [5.41, 5.74) is 5.22. The number of aromatic nitrogens is 4. The maximum atomic E-state index is 8.60. The fraction of sp³-hybridized carbons (Fsp3) is 0. The number of furan rings is 1. The van der Waals surface area contributed by atoms with E-state index in [1.807, 2.05) is 78.9 Å². The van der Waals surface area contributed by atoms with Crippen molar-refractivity contribution in [3.63, 3.8) is 0 Å². The van der Waals surface area contributed by atoms with Gasteiger partial charge in [0.15, 0.2) is 11.6 Å². The van der Waals surface area contributed by atoms with Gasteiger partial charge >= 0.3 is 0 Å². The molecule has 0 aliphatic carbocycles. The Balaban J connectivity index is 1.27. The van der Waals surface area contributed by atoms with Crippen molar-refractivity contribution >= 4 is 43.7 Å². The van der Waals surface area contributed by atoms with Crippen molar-refractivity contribution in [3.05, 3.63) is 145 Å². The topological polar surface area (TPSA) is 56.7 Å². The summed E-state index contributed by atoms with van der Waals surface area (Å²) in [7, 11) is 0. The zero-order chi connectivity index (χ0) is 33.4. The van der Waals surface area contributed by atoms with Crippen molar-refractivity contribution in [3.8, 4) is 39.9 Å². The average Bonchev–Trinajstić information content (AvgIpc) is 3.69. The van der Waals surface area contributed by atoms with Gasteiger partial charge in [-0.2, -0.15) is 9.97 Å². The molecule has 0 saturated carbocycles. The summed E-state index contributed by atoms with van der Waals surface area (Å²) in [6.07, 6.45) is 0. The van der Waals surface area contributed by atoms with Crippen LogP contribution < -0.4 is 0 Å². The molecule has 0 amide bonds. The Labute approximate surface area is 259 Å². The zero-order valence-electron chi connectivity index (χ0n) is 28.2. The van der Waals surface area contributed by atoms with Crippen molar-refractivity contribution in [1.82, 2.24) is 19.5 Å². The van der Waals surface area contributed by atoms with Crippen molar-refractivity contribution < 1.29 is 11.3 Å². The molecule has 0 N–H and O–H groups in total. The highest BCUT2D eigenvalue weighted by atomic mass is 16.3. The minimum Gasteiger partial charge on any atom is -0.456 e. The fourth-order valence-corrected chi connectivity index (χ4v) is 6.01. The highest BCUT2D eigenvalue weighted by molar-refractivity contribution is 6.13. The predicted octanol–water partition coefficient (Wildman–Crippen LogP) is 9.87. The minimum atomic E-state index is -0.430. The largest absolute Gasteiger partial charge is 0.456 e. The number of rotatable bonds is 4. The third-order valence-corrected chi connectivity index (χ3v) is 7.96. The first-order valence-corrected chi connectivity index (χ1v) is 14.2. The molecule has 0 unspecified atom stereocenters. The lowest BCUT2D eigenvalue weighted by atomic mass is 9.99. The molecule has 0 spiro atoms. The normalized spacial score (nSPS) is 13.2. The first kappa shape index (κ1) is 19.9. The molecule has 0 saturated heterocycles. The molecule has 5 heteroatoms. The molecule has 6 aromatic carbocycles. The van der Waals surface area contributed by atoms with Gasteiger partial charge in [-0.05, 0) is 41.5 Å². The molecular weight excluding hydrogens is 540 g/mol. The monoisotopic (exact) mass is 569 g/mol. The lowest BCUT2D eigenvalue weighted by Gasteiger charge is -2.11. The summed E-state index contributed by atoms with van der Waals surface area (Å²) < 4.78 is 50.1. The quantitative estimate of drug-likeness (QED) is 0.212. The molecule has 0 aliphatic heterocycles. The summed E-state index contributed by atoms with van der Waals surface area (Å²) >= 11 is 0. The summed E-state index contributed by atoms with van der Waals surface area (Å²) in [5, 5.41) is 3.59. The van der Waals surface area contributed by atoms with Crippen LogP contribution in [0.5, 0.6) is 0 Å². The first-order chi connectivity index (χ1) is 23.9. The van der Waals surface area contributed by atoms with Gasteiger partial charge in [0.1, 0.15) is 11.2 Å². The van der Waals surface area contributed by atoms with Crippen LogP contribution in [-0.2, 0) is 0 Å². The van der Waals surface area contributed by atoms with E-state index in [0.29, 0.717) is 45.3 Å². The average molecular weight is 570 g/mol. The van der Waals surface area contributed by atoms with Crippen LogP contribution in [0, 0.1) is 0 Å². The Morgan fingerprint density at radius 3 is 1.95 bits per heavy atom. The summed E-state index contributed by atoms with van der Waals surface area (Å²) in [6, 6.07) is 35.5. The van der Waals surface area contributed by atoms with Gasteiger partial charge in [0.05, 0.1) is 17.9 Å². The standard InChI is InChI=1S/C39H24N4O/c1-3-12-25(13-4-1)28-18-11-21-34-36(28)31-23-22-27(24-35(31)44-34)38-40-37(26-14-5-2-6-15-26)41-39(42-38)43-32-19-9-7-16-29(32)30-17-8-10-20-33(30)43/h1-24H/i1D,3D,4D,12D,13D. The van der Waals surface area contributed by atoms with E-state index in [0.717, 1.165) is 32.8 Å². The number of hydrogen-bond acceptors (Lipinski definition) is 4. The lowest BCUT2D eigenvalue weighted by Crippen LogP contribution is -2.06. The second-order valence-electron chi connectivity index (χ2n) is 10.5. The number of nitrogens with zero attached hydrogens (tertiary/aromatic N) is 4. The van der Waals surface area contributed by atoms with E-state index in [2.05, 4.69) is 28.8 Å². The smallest absolute Gasteiger partial charge is 0.238 e. The number of benzene rings is 6. The van der Waals surface area contributed by atoms with Gasteiger partial charge in [-0.15, -0.1) is 0 Å². The molecule has 3 aromatic heterocycles. The third-order valence-electron chi connectivity index (χ3n) is 7.96. The second-order valence-corrected chi connectivity index (χ2v) is 10.5. The van der Waals surface area contributed by atoms with Crippen molar-refractivity contribution in [2.24, 2.45) is 0 Å². The molecule has 9 rings (SSSR count). The van der Waals surface area contributed by atoms with Crippen LogP contribution in [0.2, 0.25) is 0 Å². The van der Waals surface area contributed by atoms with E-state index in [1.165, 1.54) is 0 Å². The maximum absolute atomic E-state index is 8.60. The number of para-hydroxylation sites is 2. The van der Waals surface area contributed by atoms with Crippen molar-refractivity contribution in [2.75, 3.05) is 0 Å². The molecule has 0 fully saturated rings. The second kappa shape index (κ2) is 9.75. The summed E-state index contributed by atoms with van der Waals surface area (Å²) in [4.78, 5) is 15.0. The van der Waals surface area contributed by atoms with E-state index in [-0.39, 0.29) is 29.7 Å². The molecule has 0 radical (unpaired) electrons. The van der Waals surface area contributed by atoms with Gasteiger partial charge in [-0.3, -0.25) is 4.57 Å². The highest BCUT2D eigenvalue weighted by Crippen LogP contribution is 2.38. The summed E-state index contributed by atoms with van der Waals surface area (Å²) in [6.45, 7) is 0. The van der Waals surface area contributed by atoms with Gasteiger partial charge in [0.2, 0.25) is 5.95 Å². The Morgan fingerprint density at radius 1 is 0.523 bits per heavy atom. The maximum Gasteiger partial charge on any atom is 0.238 e. The molecule has 0 aliphatic rings.